The fourth-order valence-corrected chi connectivity index (χ4v) is 8.62. The zero-order valence-corrected chi connectivity index (χ0v) is 27.7. The quantitative estimate of drug-likeness (QED) is 0.0602. The van der Waals surface area contributed by atoms with E-state index in [1.54, 1.807) is 13.8 Å². The second-order valence-electron chi connectivity index (χ2n) is 12.1. The lowest BCUT2D eigenvalue weighted by atomic mass is 9.84. The van der Waals surface area contributed by atoms with Crippen LogP contribution in [0.3, 0.4) is 0 Å². The highest BCUT2D eigenvalue weighted by atomic mass is 32.2. The maximum atomic E-state index is 13.8. The molecule has 0 radical (unpaired) electrons. The molecule has 5 atom stereocenters. The van der Waals surface area contributed by atoms with E-state index in [1.165, 1.54) is 22.7 Å². The summed E-state index contributed by atoms with van der Waals surface area (Å²) in [4.78, 5) is 41.3. The average molecular weight is 632 g/mol. The first-order chi connectivity index (χ1) is 20.9. The summed E-state index contributed by atoms with van der Waals surface area (Å²) < 4.78 is 11.0. The van der Waals surface area contributed by atoms with Crippen LogP contribution >= 0.6 is 11.8 Å². The lowest BCUT2D eigenvalue weighted by molar-refractivity contribution is -0.198. The number of carbonyl (C=O) groups is 3. The number of nitrogens with zero attached hydrogens (tertiary/aromatic N) is 1. The number of amides is 1. The molecule has 3 unspecified atom stereocenters. The van der Waals surface area contributed by atoms with E-state index < -0.39 is 53.5 Å². The number of thioether (sulfide) groups is 1. The number of aldehydes is 1. The molecule has 1 heterocycles. The van der Waals surface area contributed by atoms with Gasteiger partial charge in [-0.1, -0.05) is 123 Å². The number of benzene rings is 3. The van der Waals surface area contributed by atoms with Crippen LogP contribution in [0.2, 0.25) is 19.6 Å². The maximum Gasteiger partial charge on any atom is 0.334 e. The number of aliphatic hydroxyl groups is 1. The maximum absolute atomic E-state index is 13.8. The Hall–Kier alpha value is -3.50. The Morgan fingerprint density at radius 2 is 1.43 bits per heavy atom. The van der Waals surface area contributed by atoms with Crippen LogP contribution in [0.15, 0.2) is 104 Å². The number of carbonyl (C=O) groups excluding carboxylic acids is 3. The Balaban J connectivity index is 1.86. The van der Waals surface area contributed by atoms with Gasteiger partial charge in [0.2, 0.25) is 5.91 Å². The van der Waals surface area contributed by atoms with Crippen LogP contribution in [0, 0.1) is 5.92 Å². The summed E-state index contributed by atoms with van der Waals surface area (Å²) >= 11 is 1.47. The van der Waals surface area contributed by atoms with Gasteiger partial charge >= 0.3 is 5.97 Å². The summed E-state index contributed by atoms with van der Waals surface area (Å²) in [7, 11) is -2.51. The average Bonchev–Trinajstić information content (AvgIpc) is 3.01. The highest BCUT2D eigenvalue weighted by Crippen LogP contribution is 2.55. The molecule has 0 aromatic heterocycles. The van der Waals surface area contributed by atoms with E-state index >= 15 is 0 Å². The topological polar surface area (TPSA) is 93.1 Å². The van der Waals surface area contributed by atoms with Crippen LogP contribution < -0.4 is 0 Å². The lowest BCUT2D eigenvalue weighted by Gasteiger charge is -2.54. The van der Waals surface area contributed by atoms with Gasteiger partial charge in [0.15, 0.2) is 17.7 Å². The van der Waals surface area contributed by atoms with Gasteiger partial charge in [-0.3, -0.25) is 14.5 Å². The number of rotatable bonds is 14. The molecule has 4 rings (SSSR count). The number of hydrogen-bond donors (Lipinski definition) is 1. The Labute approximate surface area is 265 Å². The minimum Gasteiger partial charge on any atom is -0.460 e. The van der Waals surface area contributed by atoms with Gasteiger partial charge in [0.1, 0.15) is 6.61 Å². The normalized spacial score (nSPS) is 19.7. The first-order valence-corrected chi connectivity index (χ1v) is 19.1. The van der Waals surface area contributed by atoms with Gasteiger partial charge < -0.3 is 14.6 Å². The molecule has 7 nitrogen and oxygen atoms in total. The number of ether oxygens (including phenoxy) is 2. The molecule has 3 aromatic rings. The third-order valence-electron chi connectivity index (χ3n) is 8.38. The zero-order valence-electron chi connectivity index (χ0n) is 25.9. The molecule has 0 saturated carbocycles. The van der Waals surface area contributed by atoms with Crippen molar-refractivity contribution >= 4 is 38.0 Å². The third-order valence-corrected chi connectivity index (χ3v) is 13.4. The van der Waals surface area contributed by atoms with Crippen LogP contribution in [0.5, 0.6) is 0 Å². The summed E-state index contributed by atoms with van der Waals surface area (Å²) in [5, 5.41) is 8.73. The Kier molecular flexibility index (Phi) is 10.4. The predicted molar refractivity (Wildman–Crippen MR) is 176 cm³/mol. The molecule has 1 saturated heterocycles. The van der Waals surface area contributed by atoms with E-state index in [-0.39, 0.29) is 6.61 Å². The van der Waals surface area contributed by atoms with E-state index in [0.717, 1.165) is 16.7 Å². The molecular formula is C35H41NO6SSi. The Bertz CT molecular complexity index is 1350. The summed E-state index contributed by atoms with van der Waals surface area (Å²) in [5.41, 5.74) is 2.90. The minimum absolute atomic E-state index is 0.00696. The van der Waals surface area contributed by atoms with Crippen LogP contribution in [0.1, 0.15) is 30.5 Å². The highest BCUT2D eigenvalue weighted by Gasteiger charge is 2.59. The van der Waals surface area contributed by atoms with Gasteiger partial charge in [-0.05, 0) is 30.5 Å². The summed E-state index contributed by atoms with van der Waals surface area (Å²) in [5.74, 6) is -1.85. The molecule has 0 bridgehead atoms. The SMILES string of the molecule is C=CCOC(=O)C(C)(OC(C=O)N1C(=O)[C@@H](C(C)O)[C@H]1SC(c1ccccc1)(c1ccccc1)c1ccccc1)[Si](C)(C)C. The molecule has 1 fully saturated rings. The minimum atomic E-state index is -2.51. The predicted octanol–water partition coefficient (Wildman–Crippen LogP) is 5.78. The molecule has 1 amide bonds. The number of β-lactam (4-membered cyclic amide) rings is 1. The van der Waals surface area contributed by atoms with Crippen molar-refractivity contribution in [2.45, 2.75) is 61.2 Å². The third kappa shape index (κ3) is 6.19. The zero-order chi connectivity index (χ0) is 32.1. The standard InChI is InChI=1S/C35H41NO6SSi/c1-7-23-41-33(40)34(3,44(4,5)6)42-29(24-37)36-31(39)30(25(2)38)32(36)43-35(26-17-11-8-12-18-26,27-19-13-9-14-20-27)28-21-15-10-16-22-28/h7-22,24-25,29-30,32,38H,1,23H2,2-6H3/t25?,29?,30-,32-,34?/m1/s1. The number of esters is 1. The molecule has 3 aromatic carbocycles. The number of aliphatic hydroxyl groups excluding tert-OH is 1. The van der Waals surface area contributed by atoms with E-state index in [1.807, 2.05) is 111 Å². The van der Waals surface area contributed by atoms with Crippen molar-refractivity contribution in [1.82, 2.24) is 4.90 Å². The molecule has 0 spiro atoms. The van der Waals surface area contributed by atoms with Gasteiger partial charge in [-0.15, -0.1) is 11.8 Å². The van der Waals surface area contributed by atoms with Gasteiger partial charge in [0.25, 0.3) is 0 Å². The van der Waals surface area contributed by atoms with Crippen LogP contribution in [0.25, 0.3) is 0 Å². The molecule has 232 valence electrons. The van der Waals surface area contributed by atoms with E-state index in [0.29, 0.717) is 6.29 Å². The first kappa shape index (κ1) is 33.4. The van der Waals surface area contributed by atoms with Gasteiger partial charge in [-0.25, -0.2) is 4.79 Å². The second kappa shape index (κ2) is 13.6. The number of hydrogen-bond acceptors (Lipinski definition) is 7. The van der Waals surface area contributed by atoms with Gasteiger partial charge in [0, 0.05) is 0 Å². The van der Waals surface area contributed by atoms with Crippen molar-refractivity contribution in [3.63, 3.8) is 0 Å². The lowest BCUT2D eigenvalue weighted by Crippen LogP contribution is -2.70. The highest BCUT2D eigenvalue weighted by molar-refractivity contribution is 8.01. The smallest absolute Gasteiger partial charge is 0.334 e. The molecule has 0 aliphatic carbocycles. The van der Waals surface area contributed by atoms with Crippen molar-refractivity contribution in [2.24, 2.45) is 5.92 Å². The van der Waals surface area contributed by atoms with E-state index in [2.05, 4.69) is 6.58 Å². The summed E-state index contributed by atoms with van der Waals surface area (Å²) in [6.45, 7) is 12.6. The Morgan fingerprint density at radius 3 is 1.80 bits per heavy atom. The van der Waals surface area contributed by atoms with Crippen molar-refractivity contribution in [3.05, 3.63) is 120 Å². The monoisotopic (exact) mass is 631 g/mol. The van der Waals surface area contributed by atoms with Crippen LogP contribution in [-0.2, 0) is 28.6 Å². The molecule has 1 N–H and O–H groups in total. The summed E-state index contributed by atoms with van der Waals surface area (Å²) in [6.07, 6.45) is -0.361. The first-order valence-electron chi connectivity index (χ1n) is 14.7. The molecule has 1 aliphatic rings. The van der Waals surface area contributed by atoms with Gasteiger partial charge in [0.05, 0.1) is 30.2 Å². The van der Waals surface area contributed by atoms with Crippen molar-refractivity contribution in [2.75, 3.05) is 6.61 Å². The van der Waals surface area contributed by atoms with Crippen LogP contribution in [0.4, 0.5) is 0 Å². The van der Waals surface area contributed by atoms with Gasteiger partial charge in [-0.2, -0.15) is 0 Å². The summed E-state index contributed by atoms with van der Waals surface area (Å²) in [6, 6.07) is 29.9. The second-order valence-corrected chi connectivity index (χ2v) is 18.9. The largest absolute Gasteiger partial charge is 0.460 e. The molecular weight excluding hydrogens is 591 g/mol. The molecule has 1 aliphatic heterocycles. The van der Waals surface area contributed by atoms with E-state index in [9.17, 15) is 19.5 Å². The molecule has 44 heavy (non-hydrogen) atoms. The fraction of sp³-hybridized carbons (Fsp3) is 0.343. The van der Waals surface area contributed by atoms with Crippen molar-refractivity contribution in [3.8, 4) is 0 Å². The molecule has 9 heteroatoms. The van der Waals surface area contributed by atoms with Crippen LogP contribution in [-0.4, -0.2) is 65.8 Å². The number of likely N-dealkylation sites (tertiary alicyclic amines) is 1. The van der Waals surface area contributed by atoms with Crippen molar-refractivity contribution in [1.29, 1.82) is 0 Å². The Morgan fingerprint density at radius 1 is 0.977 bits per heavy atom. The fourth-order valence-electron chi connectivity index (χ4n) is 5.45. The van der Waals surface area contributed by atoms with E-state index in [4.69, 9.17) is 9.47 Å². The van der Waals surface area contributed by atoms with Crippen molar-refractivity contribution < 1.29 is 29.0 Å².